The normalized spacial score (nSPS) is 15.8. The van der Waals surface area contributed by atoms with E-state index in [0.29, 0.717) is 31.2 Å². The number of aryl methyl sites for hydroxylation is 1. The summed E-state index contributed by atoms with van der Waals surface area (Å²) >= 11 is 0. The maximum absolute atomic E-state index is 11.9. The van der Waals surface area contributed by atoms with Crippen molar-refractivity contribution in [2.45, 2.75) is 20.4 Å². The molecule has 6 heteroatoms. The first kappa shape index (κ1) is 12.9. The molecule has 100 valence electrons. The number of anilines is 1. The quantitative estimate of drug-likeness (QED) is 0.747. The summed E-state index contributed by atoms with van der Waals surface area (Å²) < 4.78 is 12.1. The van der Waals surface area contributed by atoms with Gasteiger partial charge in [0.15, 0.2) is 5.82 Å². The van der Waals surface area contributed by atoms with Crippen LogP contribution in [-0.4, -0.2) is 48.7 Å². The van der Waals surface area contributed by atoms with Crippen LogP contribution in [0, 0.1) is 0 Å². The first-order chi connectivity index (χ1) is 8.76. The first-order valence-corrected chi connectivity index (χ1v) is 6.33. The fourth-order valence-electron chi connectivity index (χ4n) is 1.93. The molecule has 1 fully saturated rings. The van der Waals surface area contributed by atoms with Crippen LogP contribution in [0.4, 0.5) is 5.82 Å². The Hall–Kier alpha value is -1.56. The molecule has 0 N–H and O–H groups in total. The molecular weight excluding hydrogens is 234 g/mol. The van der Waals surface area contributed by atoms with Gasteiger partial charge in [-0.05, 0) is 13.8 Å². The number of rotatable bonds is 4. The van der Waals surface area contributed by atoms with Crippen LogP contribution in [0.1, 0.15) is 24.2 Å². The topological polar surface area (TPSA) is 56.6 Å². The van der Waals surface area contributed by atoms with Gasteiger partial charge in [0.25, 0.3) is 0 Å². The van der Waals surface area contributed by atoms with Gasteiger partial charge in [-0.15, -0.1) is 0 Å². The van der Waals surface area contributed by atoms with E-state index in [1.807, 2.05) is 6.92 Å². The lowest BCUT2D eigenvalue weighted by atomic mass is 10.3. The standard InChI is InChI=1S/C12H19N3O3/c1-3-15-9-10(12(16)18-4-2)11(13-15)14-5-7-17-8-6-14/h9H,3-8H2,1-2H3. The average Bonchev–Trinajstić information content (AvgIpc) is 2.84. The number of hydrogen-bond donors (Lipinski definition) is 0. The summed E-state index contributed by atoms with van der Waals surface area (Å²) in [6.45, 7) is 7.75. The number of carbonyl (C=O) groups excluding carboxylic acids is 1. The molecule has 1 saturated heterocycles. The number of carbonyl (C=O) groups is 1. The highest BCUT2D eigenvalue weighted by atomic mass is 16.5. The molecule has 1 aromatic heterocycles. The van der Waals surface area contributed by atoms with Crippen LogP contribution < -0.4 is 4.90 Å². The summed E-state index contributed by atoms with van der Waals surface area (Å²) in [5.41, 5.74) is 0.542. The highest BCUT2D eigenvalue weighted by Gasteiger charge is 2.23. The second-order valence-corrected chi connectivity index (χ2v) is 4.04. The van der Waals surface area contributed by atoms with Crippen LogP contribution in [0.3, 0.4) is 0 Å². The molecule has 1 aliphatic heterocycles. The molecule has 0 unspecified atom stereocenters. The van der Waals surface area contributed by atoms with E-state index >= 15 is 0 Å². The number of aromatic nitrogens is 2. The van der Waals surface area contributed by atoms with Crippen LogP contribution >= 0.6 is 0 Å². The Balaban J connectivity index is 2.25. The second kappa shape index (κ2) is 5.86. The van der Waals surface area contributed by atoms with Crippen LogP contribution in [0.15, 0.2) is 6.20 Å². The molecule has 0 bridgehead atoms. The summed E-state index contributed by atoms with van der Waals surface area (Å²) in [6, 6.07) is 0. The minimum Gasteiger partial charge on any atom is -0.462 e. The molecule has 2 rings (SSSR count). The minimum absolute atomic E-state index is 0.307. The highest BCUT2D eigenvalue weighted by Crippen LogP contribution is 2.20. The Labute approximate surface area is 106 Å². The molecule has 18 heavy (non-hydrogen) atoms. The van der Waals surface area contributed by atoms with Gasteiger partial charge in [0.1, 0.15) is 5.56 Å². The lowest BCUT2D eigenvalue weighted by Crippen LogP contribution is -2.37. The first-order valence-electron chi connectivity index (χ1n) is 6.33. The van der Waals surface area contributed by atoms with E-state index in [1.165, 1.54) is 0 Å². The zero-order chi connectivity index (χ0) is 13.0. The van der Waals surface area contributed by atoms with Gasteiger partial charge in [-0.2, -0.15) is 5.10 Å². The molecule has 0 atom stereocenters. The summed E-state index contributed by atoms with van der Waals surface area (Å²) in [6.07, 6.45) is 1.75. The van der Waals surface area contributed by atoms with Crippen LogP contribution in [-0.2, 0) is 16.0 Å². The molecule has 0 aliphatic carbocycles. The van der Waals surface area contributed by atoms with Gasteiger partial charge in [0, 0.05) is 25.8 Å². The Morgan fingerprint density at radius 1 is 1.44 bits per heavy atom. The van der Waals surface area contributed by atoms with Crippen molar-refractivity contribution in [2.24, 2.45) is 0 Å². The van der Waals surface area contributed by atoms with E-state index in [1.54, 1.807) is 17.8 Å². The van der Waals surface area contributed by atoms with E-state index in [4.69, 9.17) is 9.47 Å². The molecular formula is C12H19N3O3. The molecule has 6 nitrogen and oxygen atoms in total. The third kappa shape index (κ3) is 2.64. The van der Waals surface area contributed by atoms with Gasteiger partial charge < -0.3 is 14.4 Å². The fraction of sp³-hybridized carbons (Fsp3) is 0.667. The molecule has 1 aliphatic rings. The molecule has 0 aromatic carbocycles. The predicted molar refractivity (Wildman–Crippen MR) is 66.9 cm³/mol. The summed E-state index contributed by atoms with van der Waals surface area (Å²) in [7, 11) is 0. The van der Waals surface area contributed by atoms with Crippen molar-refractivity contribution in [1.82, 2.24) is 9.78 Å². The maximum Gasteiger partial charge on any atom is 0.343 e. The van der Waals surface area contributed by atoms with Gasteiger partial charge in [-0.1, -0.05) is 0 Å². The van der Waals surface area contributed by atoms with Gasteiger partial charge in [-0.3, -0.25) is 4.68 Å². The van der Waals surface area contributed by atoms with Crippen LogP contribution in [0.5, 0.6) is 0 Å². The van der Waals surface area contributed by atoms with Gasteiger partial charge in [0.05, 0.1) is 19.8 Å². The molecule has 1 aromatic rings. The number of ether oxygens (including phenoxy) is 2. The summed E-state index contributed by atoms with van der Waals surface area (Å²) in [5, 5.41) is 4.44. The lowest BCUT2D eigenvalue weighted by Gasteiger charge is -2.27. The Morgan fingerprint density at radius 3 is 2.78 bits per heavy atom. The molecule has 0 spiro atoms. The van der Waals surface area contributed by atoms with E-state index in [9.17, 15) is 4.79 Å². The highest BCUT2D eigenvalue weighted by molar-refractivity contribution is 5.94. The minimum atomic E-state index is -0.307. The van der Waals surface area contributed by atoms with Crippen molar-refractivity contribution >= 4 is 11.8 Å². The molecule has 2 heterocycles. The van der Waals surface area contributed by atoms with E-state index in [-0.39, 0.29) is 5.97 Å². The van der Waals surface area contributed by atoms with Gasteiger partial charge in [0.2, 0.25) is 0 Å². The monoisotopic (exact) mass is 253 g/mol. The van der Waals surface area contributed by atoms with E-state index in [2.05, 4.69) is 10.00 Å². The Bertz CT molecular complexity index is 411. The van der Waals surface area contributed by atoms with Crippen molar-refractivity contribution in [3.8, 4) is 0 Å². The largest absolute Gasteiger partial charge is 0.462 e. The number of morpholine rings is 1. The van der Waals surface area contributed by atoms with E-state index in [0.717, 1.165) is 19.6 Å². The van der Waals surface area contributed by atoms with Crippen LogP contribution in [0.2, 0.25) is 0 Å². The molecule has 0 amide bonds. The lowest BCUT2D eigenvalue weighted by molar-refractivity contribution is 0.0526. The predicted octanol–water partition coefficient (Wildman–Crippen LogP) is 0.916. The third-order valence-corrected chi connectivity index (χ3v) is 2.87. The van der Waals surface area contributed by atoms with Crippen molar-refractivity contribution in [2.75, 3.05) is 37.8 Å². The number of nitrogens with zero attached hydrogens (tertiary/aromatic N) is 3. The van der Waals surface area contributed by atoms with Crippen molar-refractivity contribution in [3.63, 3.8) is 0 Å². The summed E-state index contributed by atoms with van der Waals surface area (Å²) in [4.78, 5) is 14.0. The fourth-order valence-corrected chi connectivity index (χ4v) is 1.93. The zero-order valence-electron chi connectivity index (χ0n) is 10.9. The zero-order valence-corrected chi connectivity index (χ0v) is 10.9. The van der Waals surface area contributed by atoms with Crippen molar-refractivity contribution in [1.29, 1.82) is 0 Å². The molecule has 0 radical (unpaired) electrons. The summed E-state index contributed by atoms with van der Waals surface area (Å²) in [5.74, 6) is 0.400. The Morgan fingerprint density at radius 2 is 2.17 bits per heavy atom. The SMILES string of the molecule is CCOC(=O)c1cn(CC)nc1N1CCOCC1. The third-order valence-electron chi connectivity index (χ3n) is 2.87. The van der Waals surface area contributed by atoms with Crippen molar-refractivity contribution in [3.05, 3.63) is 11.8 Å². The van der Waals surface area contributed by atoms with E-state index < -0.39 is 0 Å². The number of esters is 1. The Kier molecular flexibility index (Phi) is 4.19. The van der Waals surface area contributed by atoms with Crippen LogP contribution in [0.25, 0.3) is 0 Å². The second-order valence-electron chi connectivity index (χ2n) is 4.04. The van der Waals surface area contributed by atoms with Gasteiger partial charge in [-0.25, -0.2) is 4.79 Å². The molecule has 0 saturated carbocycles. The van der Waals surface area contributed by atoms with Gasteiger partial charge >= 0.3 is 5.97 Å². The number of hydrogen-bond acceptors (Lipinski definition) is 5. The van der Waals surface area contributed by atoms with Crippen molar-refractivity contribution < 1.29 is 14.3 Å². The smallest absolute Gasteiger partial charge is 0.343 e. The average molecular weight is 253 g/mol. The maximum atomic E-state index is 11.9.